The van der Waals surface area contributed by atoms with Crippen molar-refractivity contribution in [1.29, 1.82) is 0 Å². The SMILES string of the molecule is C=CCc1ccc(OCC(CCSC)NC(=O)c2cccnc2)c(OC)c1. The molecule has 1 unspecified atom stereocenters. The zero-order valence-corrected chi connectivity index (χ0v) is 16.6. The maximum atomic E-state index is 12.4. The van der Waals surface area contributed by atoms with E-state index in [1.807, 2.05) is 30.5 Å². The molecular weight excluding hydrogens is 360 g/mol. The first-order chi connectivity index (χ1) is 13.2. The van der Waals surface area contributed by atoms with Crippen LogP contribution in [0.4, 0.5) is 0 Å². The molecule has 5 nitrogen and oxygen atoms in total. The van der Waals surface area contributed by atoms with Crippen molar-refractivity contribution in [3.8, 4) is 11.5 Å². The number of amides is 1. The highest BCUT2D eigenvalue weighted by molar-refractivity contribution is 7.98. The summed E-state index contributed by atoms with van der Waals surface area (Å²) in [6.07, 6.45) is 8.68. The zero-order valence-electron chi connectivity index (χ0n) is 15.8. The Morgan fingerprint density at radius 3 is 2.89 bits per heavy atom. The number of thioether (sulfide) groups is 1. The quantitative estimate of drug-likeness (QED) is 0.596. The van der Waals surface area contributed by atoms with Crippen LogP contribution >= 0.6 is 11.8 Å². The van der Waals surface area contributed by atoms with Gasteiger partial charge in [0.1, 0.15) is 6.61 Å². The number of aromatic nitrogens is 1. The number of nitrogens with one attached hydrogen (secondary N) is 1. The van der Waals surface area contributed by atoms with E-state index in [-0.39, 0.29) is 11.9 Å². The smallest absolute Gasteiger partial charge is 0.253 e. The van der Waals surface area contributed by atoms with Crippen LogP contribution in [0.5, 0.6) is 11.5 Å². The van der Waals surface area contributed by atoms with Gasteiger partial charge in [0.05, 0.1) is 18.7 Å². The predicted molar refractivity (Wildman–Crippen MR) is 111 cm³/mol. The Hall–Kier alpha value is -2.47. The van der Waals surface area contributed by atoms with Crippen LogP contribution in [0.15, 0.2) is 55.4 Å². The third-order valence-electron chi connectivity index (χ3n) is 3.98. The van der Waals surface area contributed by atoms with E-state index in [1.54, 1.807) is 43.4 Å². The Bertz CT molecular complexity index is 737. The first-order valence-corrected chi connectivity index (χ1v) is 10.2. The van der Waals surface area contributed by atoms with Crippen molar-refractivity contribution in [3.05, 3.63) is 66.5 Å². The summed E-state index contributed by atoms with van der Waals surface area (Å²) >= 11 is 1.74. The van der Waals surface area contributed by atoms with E-state index in [4.69, 9.17) is 9.47 Å². The molecule has 2 rings (SSSR count). The molecule has 1 heterocycles. The van der Waals surface area contributed by atoms with Gasteiger partial charge in [-0.25, -0.2) is 0 Å². The van der Waals surface area contributed by atoms with Crippen molar-refractivity contribution < 1.29 is 14.3 Å². The molecular formula is C21H26N2O3S. The lowest BCUT2D eigenvalue weighted by molar-refractivity contribution is 0.0919. The van der Waals surface area contributed by atoms with Gasteiger partial charge in [-0.3, -0.25) is 9.78 Å². The summed E-state index contributed by atoms with van der Waals surface area (Å²) in [6, 6.07) is 9.22. The minimum Gasteiger partial charge on any atom is -0.493 e. The summed E-state index contributed by atoms with van der Waals surface area (Å²) in [5, 5.41) is 3.04. The Morgan fingerprint density at radius 2 is 2.22 bits per heavy atom. The van der Waals surface area contributed by atoms with Crippen molar-refractivity contribution in [2.24, 2.45) is 0 Å². The molecule has 0 bridgehead atoms. The average Bonchev–Trinajstić information content (AvgIpc) is 2.71. The number of pyridine rings is 1. The van der Waals surface area contributed by atoms with Gasteiger partial charge in [0, 0.05) is 12.4 Å². The second-order valence-electron chi connectivity index (χ2n) is 5.98. The second-order valence-corrected chi connectivity index (χ2v) is 6.97. The van der Waals surface area contributed by atoms with Crippen LogP contribution in [0, 0.1) is 0 Å². The molecule has 0 saturated heterocycles. The van der Waals surface area contributed by atoms with E-state index < -0.39 is 0 Å². The highest BCUT2D eigenvalue weighted by atomic mass is 32.2. The fraction of sp³-hybridized carbons (Fsp3) is 0.333. The van der Waals surface area contributed by atoms with Crippen LogP contribution < -0.4 is 14.8 Å². The standard InChI is InChI=1S/C21H26N2O3S/c1-4-6-16-8-9-19(20(13-16)25-2)26-15-18(10-12-27-3)23-21(24)17-7-5-11-22-14-17/h4-5,7-9,11,13-14,18H,1,6,10,12,15H2,2-3H3,(H,23,24). The van der Waals surface area contributed by atoms with Crippen LogP contribution in [-0.4, -0.2) is 42.7 Å². The third-order valence-corrected chi connectivity index (χ3v) is 4.62. The van der Waals surface area contributed by atoms with Crippen LogP contribution in [0.25, 0.3) is 0 Å². The van der Waals surface area contributed by atoms with Crippen molar-refractivity contribution >= 4 is 17.7 Å². The van der Waals surface area contributed by atoms with Crippen molar-refractivity contribution in [2.45, 2.75) is 18.9 Å². The minimum absolute atomic E-state index is 0.109. The number of hydrogen-bond acceptors (Lipinski definition) is 5. The van der Waals surface area contributed by atoms with Gasteiger partial charge in [0.2, 0.25) is 0 Å². The van der Waals surface area contributed by atoms with E-state index in [0.29, 0.717) is 23.7 Å². The number of benzene rings is 1. The largest absolute Gasteiger partial charge is 0.493 e. The molecule has 0 aliphatic rings. The van der Waals surface area contributed by atoms with Crippen molar-refractivity contribution in [3.63, 3.8) is 0 Å². The van der Waals surface area contributed by atoms with Crippen molar-refractivity contribution in [2.75, 3.05) is 25.7 Å². The lowest BCUT2D eigenvalue weighted by atomic mass is 10.1. The predicted octanol–water partition coefficient (Wildman–Crippen LogP) is 3.75. The number of nitrogens with zero attached hydrogens (tertiary/aromatic N) is 1. The molecule has 0 aliphatic carbocycles. The first-order valence-electron chi connectivity index (χ1n) is 8.78. The summed E-state index contributed by atoms with van der Waals surface area (Å²) in [5.41, 5.74) is 1.65. The normalized spacial score (nSPS) is 11.5. The summed E-state index contributed by atoms with van der Waals surface area (Å²) < 4.78 is 11.4. The molecule has 0 saturated carbocycles. The molecule has 1 aromatic carbocycles. The number of ether oxygens (including phenoxy) is 2. The molecule has 144 valence electrons. The second kappa shape index (κ2) is 11.3. The first kappa shape index (κ1) is 20.8. The van der Waals surface area contributed by atoms with Crippen LogP contribution in [0.1, 0.15) is 22.3 Å². The van der Waals surface area contributed by atoms with Gasteiger partial charge in [-0.1, -0.05) is 12.1 Å². The van der Waals surface area contributed by atoms with Gasteiger partial charge in [-0.05, 0) is 54.7 Å². The van der Waals surface area contributed by atoms with Gasteiger partial charge in [-0.2, -0.15) is 11.8 Å². The topological polar surface area (TPSA) is 60.5 Å². The highest BCUT2D eigenvalue weighted by Crippen LogP contribution is 2.28. The van der Waals surface area contributed by atoms with Crippen molar-refractivity contribution in [1.82, 2.24) is 10.3 Å². The summed E-state index contributed by atoms with van der Waals surface area (Å²) in [4.78, 5) is 16.4. The highest BCUT2D eigenvalue weighted by Gasteiger charge is 2.16. The molecule has 1 atom stereocenters. The molecule has 0 aliphatic heterocycles. The van der Waals surface area contributed by atoms with Gasteiger partial charge < -0.3 is 14.8 Å². The number of carbonyl (C=O) groups is 1. The summed E-state index contributed by atoms with van der Waals surface area (Å²) in [6.45, 7) is 4.12. The van der Waals surface area contributed by atoms with Gasteiger partial charge in [-0.15, -0.1) is 6.58 Å². The molecule has 2 aromatic rings. The Labute approximate surface area is 165 Å². The molecule has 0 radical (unpaired) electrons. The van der Waals surface area contributed by atoms with Gasteiger partial charge in [0.25, 0.3) is 5.91 Å². The molecule has 6 heteroatoms. The van der Waals surface area contributed by atoms with Gasteiger partial charge >= 0.3 is 0 Å². The molecule has 1 amide bonds. The Morgan fingerprint density at radius 1 is 1.37 bits per heavy atom. The number of hydrogen-bond donors (Lipinski definition) is 1. The van der Waals surface area contributed by atoms with E-state index in [9.17, 15) is 4.79 Å². The van der Waals surface area contributed by atoms with E-state index in [2.05, 4.69) is 16.9 Å². The molecule has 1 aromatic heterocycles. The third kappa shape index (κ3) is 6.64. The maximum absolute atomic E-state index is 12.4. The van der Waals surface area contributed by atoms with Gasteiger partial charge in [0.15, 0.2) is 11.5 Å². The monoisotopic (exact) mass is 386 g/mol. The minimum atomic E-state index is -0.147. The fourth-order valence-electron chi connectivity index (χ4n) is 2.54. The number of methoxy groups -OCH3 is 1. The molecule has 0 fully saturated rings. The van der Waals surface area contributed by atoms with Crippen LogP contribution in [0.3, 0.4) is 0 Å². The number of carbonyl (C=O) groups excluding carboxylic acids is 1. The number of allylic oxidation sites excluding steroid dienone is 1. The van der Waals surface area contributed by atoms with E-state index in [1.165, 1.54) is 0 Å². The average molecular weight is 387 g/mol. The number of rotatable bonds is 11. The summed E-state index contributed by atoms with van der Waals surface area (Å²) in [5.74, 6) is 2.12. The fourth-order valence-corrected chi connectivity index (χ4v) is 3.06. The lowest BCUT2D eigenvalue weighted by Crippen LogP contribution is -2.39. The Kier molecular flexibility index (Phi) is 8.71. The van der Waals surface area contributed by atoms with E-state index in [0.717, 1.165) is 24.2 Å². The molecule has 1 N–H and O–H groups in total. The van der Waals surface area contributed by atoms with Crippen LogP contribution in [-0.2, 0) is 6.42 Å². The van der Waals surface area contributed by atoms with E-state index >= 15 is 0 Å². The lowest BCUT2D eigenvalue weighted by Gasteiger charge is -2.20. The Balaban J connectivity index is 2.03. The van der Waals surface area contributed by atoms with Crippen LogP contribution in [0.2, 0.25) is 0 Å². The zero-order chi connectivity index (χ0) is 19.5. The molecule has 0 spiro atoms. The summed E-state index contributed by atoms with van der Waals surface area (Å²) in [7, 11) is 1.62. The maximum Gasteiger partial charge on any atom is 0.253 e. The molecule has 27 heavy (non-hydrogen) atoms.